The summed E-state index contributed by atoms with van der Waals surface area (Å²) in [6.45, 7) is 10.6. The first-order chi connectivity index (χ1) is 7.04. The van der Waals surface area contributed by atoms with E-state index in [1.807, 2.05) is 13.8 Å². The van der Waals surface area contributed by atoms with E-state index in [-0.39, 0.29) is 17.7 Å². The van der Waals surface area contributed by atoms with Gasteiger partial charge in [-0.2, -0.15) is 0 Å². The van der Waals surface area contributed by atoms with Gasteiger partial charge in [0.25, 0.3) is 0 Å². The van der Waals surface area contributed by atoms with Crippen LogP contribution in [0.15, 0.2) is 12.2 Å². The maximum absolute atomic E-state index is 10.1. The molecule has 3 nitrogen and oxygen atoms in total. The number of fused-ring (bicyclic) bond motifs is 1. The van der Waals surface area contributed by atoms with Crippen LogP contribution in [-0.2, 0) is 4.74 Å². The molecular formula is C12H21NO2. The number of aliphatic hydroxyl groups is 1. The summed E-state index contributed by atoms with van der Waals surface area (Å²) in [5.41, 5.74) is 1.06. The van der Waals surface area contributed by atoms with E-state index in [4.69, 9.17) is 4.74 Å². The van der Waals surface area contributed by atoms with Crippen molar-refractivity contribution in [1.82, 2.24) is 4.90 Å². The first-order valence-electron chi connectivity index (χ1n) is 5.76. The van der Waals surface area contributed by atoms with Crippen molar-refractivity contribution in [2.75, 3.05) is 19.7 Å². The summed E-state index contributed by atoms with van der Waals surface area (Å²) in [6.07, 6.45) is 1.73. The molecule has 2 heterocycles. The summed E-state index contributed by atoms with van der Waals surface area (Å²) < 4.78 is 5.71. The van der Waals surface area contributed by atoms with Crippen LogP contribution in [0.4, 0.5) is 0 Å². The molecule has 2 saturated heterocycles. The van der Waals surface area contributed by atoms with Gasteiger partial charge in [-0.25, -0.2) is 0 Å². The van der Waals surface area contributed by atoms with Crippen LogP contribution in [0, 0.1) is 0 Å². The van der Waals surface area contributed by atoms with E-state index >= 15 is 0 Å². The second-order valence-corrected chi connectivity index (χ2v) is 5.12. The lowest BCUT2D eigenvalue weighted by molar-refractivity contribution is -0.0418. The molecule has 2 aliphatic heterocycles. The van der Waals surface area contributed by atoms with Gasteiger partial charge in [-0.05, 0) is 26.7 Å². The Morgan fingerprint density at radius 3 is 3.07 bits per heavy atom. The van der Waals surface area contributed by atoms with Gasteiger partial charge < -0.3 is 9.84 Å². The smallest absolute Gasteiger partial charge is 0.0761 e. The molecule has 0 aromatic rings. The molecule has 2 rings (SSSR count). The molecule has 1 N–H and O–H groups in total. The lowest BCUT2D eigenvalue weighted by Crippen LogP contribution is -2.50. The van der Waals surface area contributed by atoms with Crippen molar-refractivity contribution in [1.29, 1.82) is 0 Å². The minimum atomic E-state index is -0.254. The second-order valence-electron chi connectivity index (χ2n) is 5.12. The Bertz CT molecular complexity index is 264. The van der Waals surface area contributed by atoms with Crippen LogP contribution in [0.25, 0.3) is 0 Å². The van der Waals surface area contributed by atoms with Crippen LogP contribution in [0.2, 0.25) is 0 Å². The zero-order valence-corrected chi connectivity index (χ0v) is 9.70. The Labute approximate surface area is 91.7 Å². The molecular weight excluding hydrogens is 190 g/mol. The van der Waals surface area contributed by atoms with Crippen molar-refractivity contribution in [3.63, 3.8) is 0 Å². The fraction of sp³-hybridized carbons (Fsp3) is 0.833. The summed E-state index contributed by atoms with van der Waals surface area (Å²) in [4.78, 5) is 2.34. The number of aliphatic hydroxyl groups excluding tert-OH is 1. The maximum Gasteiger partial charge on any atom is 0.0761 e. The highest BCUT2D eigenvalue weighted by Crippen LogP contribution is 2.41. The van der Waals surface area contributed by atoms with Gasteiger partial charge in [0, 0.05) is 13.1 Å². The Balaban J connectivity index is 2.10. The predicted octanol–water partition coefficient (Wildman–Crippen LogP) is 1.18. The van der Waals surface area contributed by atoms with E-state index in [0.717, 1.165) is 25.9 Å². The molecule has 2 aliphatic rings. The maximum atomic E-state index is 10.1. The van der Waals surface area contributed by atoms with Gasteiger partial charge in [0.15, 0.2) is 0 Å². The summed E-state index contributed by atoms with van der Waals surface area (Å²) in [5, 5.41) is 10.1. The molecule has 86 valence electrons. The van der Waals surface area contributed by atoms with Crippen molar-refractivity contribution in [2.24, 2.45) is 0 Å². The molecule has 2 fully saturated rings. The van der Waals surface area contributed by atoms with Crippen LogP contribution in [0.3, 0.4) is 0 Å². The third kappa shape index (κ3) is 1.84. The number of ether oxygens (including phenoxy) is 1. The van der Waals surface area contributed by atoms with Gasteiger partial charge in [0.2, 0.25) is 0 Å². The highest BCUT2D eigenvalue weighted by atomic mass is 16.5. The average Bonchev–Trinajstić information content (AvgIpc) is 2.61. The number of hydrogen-bond donors (Lipinski definition) is 1. The predicted molar refractivity (Wildman–Crippen MR) is 59.8 cm³/mol. The molecule has 2 atom stereocenters. The SMILES string of the molecule is C=C1CN2CC[C@@H](O)[C@@]2(COC(C)C)C1. The van der Waals surface area contributed by atoms with E-state index in [0.29, 0.717) is 6.61 Å². The second kappa shape index (κ2) is 3.89. The van der Waals surface area contributed by atoms with E-state index in [9.17, 15) is 5.11 Å². The van der Waals surface area contributed by atoms with Gasteiger partial charge in [0.1, 0.15) is 0 Å². The largest absolute Gasteiger partial charge is 0.391 e. The van der Waals surface area contributed by atoms with E-state index < -0.39 is 0 Å². The first kappa shape index (κ1) is 11.1. The van der Waals surface area contributed by atoms with E-state index in [1.54, 1.807) is 0 Å². The van der Waals surface area contributed by atoms with Crippen LogP contribution >= 0.6 is 0 Å². The molecule has 15 heavy (non-hydrogen) atoms. The van der Waals surface area contributed by atoms with Crippen LogP contribution in [0.5, 0.6) is 0 Å². The summed E-state index contributed by atoms with van der Waals surface area (Å²) in [6, 6.07) is 0. The van der Waals surface area contributed by atoms with Crippen molar-refractivity contribution >= 4 is 0 Å². The molecule has 0 spiro atoms. The van der Waals surface area contributed by atoms with Crippen LogP contribution in [0.1, 0.15) is 26.7 Å². The zero-order chi connectivity index (χ0) is 11.1. The zero-order valence-electron chi connectivity index (χ0n) is 9.70. The average molecular weight is 211 g/mol. The molecule has 0 bridgehead atoms. The van der Waals surface area contributed by atoms with Crippen molar-refractivity contribution in [3.8, 4) is 0 Å². The Kier molecular flexibility index (Phi) is 2.88. The highest BCUT2D eigenvalue weighted by molar-refractivity contribution is 5.20. The third-order valence-corrected chi connectivity index (χ3v) is 3.56. The van der Waals surface area contributed by atoms with Gasteiger partial charge in [-0.15, -0.1) is 0 Å². The molecule has 0 aromatic carbocycles. The fourth-order valence-electron chi connectivity index (χ4n) is 2.75. The monoisotopic (exact) mass is 211 g/mol. The minimum Gasteiger partial charge on any atom is -0.391 e. The van der Waals surface area contributed by atoms with Gasteiger partial charge >= 0.3 is 0 Å². The van der Waals surface area contributed by atoms with Gasteiger partial charge in [-0.1, -0.05) is 12.2 Å². The molecule has 0 aliphatic carbocycles. The van der Waals surface area contributed by atoms with Crippen molar-refractivity contribution < 1.29 is 9.84 Å². The molecule has 0 amide bonds. The van der Waals surface area contributed by atoms with Gasteiger partial charge in [-0.3, -0.25) is 4.90 Å². The lowest BCUT2D eigenvalue weighted by Gasteiger charge is -2.34. The number of hydrogen-bond acceptors (Lipinski definition) is 3. The fourth-order valence-corrected chi connectivity index (χ4v) is 2.75. The van der Waals surface area contributed by atoms with E-state index in [2.05, 4.69) is 11.5 Å². The number of nitrogens with zero attached hydrogens (tertiary/aromatic N) is 1. The Hall–Kier alpha value is -0.380. The minimum absolute atomic E-state index is 0.165. The molecule has 0 unspecified atom stereocenters. The van der Waals surface area contributed by atoms with Gasteiger partial charge in [0.05, 0.1) is 24.4 Å². The summed E-state index contributed by atoms with van der Waals surface area (Å²) in [5.74, 6) is 0. The van der Waals surface area contributed by atoms with Crippen molar-refractivity contribution in [2.45, 2.75) is 44.4 Å². The summed E-state index contributed by atoms with van der Waals surface area (Å²) >= 11 is 0. The Morgan fingerprint density at radius 2 is 2.40 bits per heavy atom. The molecule has 0 radical (unpaired) electrons. The molecule has 3 heteroatoms. The number of rotatable bonds is 3. The molecule has 0 aromatic heterocycles. The van der Waals surface area contributed by atoms with E-state index in [1.165, 1.54) is 5.57 Å². The standard InChI is InChI=1S/C12H21NO2/c1-9(2)15-8-12-6-10(3)7-13(12)5-4-11(12)14/h9,11,14H,3-8H2,1-2H3/t11-,12+/m1/s1. The Morgan fingerprint density at radius 1 is 1.67 bits per heavy atom. The normalized spacial score (nSPS) is 36.5. The highest BCUT2D eigenvalue weighted by Gasteiger charge is 2.52. The van der Waals surface area contributed by atoms with Crippen molar-refractivity contribution in [3.05, 3.63) is 12.2 Å². The molecule has 0 saturated carbocycles. The summed E-state index contributed by atoms with van der Waals surface area (Å²) in [7, 11) is 0. The topological polar surface area (TPSA) is 32.7 Å². The third-order valence-electron chi connectivity index (χ3n) is 3.56. The first-order valence-corrected chi connectivity index (χ1v) is 5.76. The quantitative estimate of drug-likeness (QED) is 0.711. The lowest BCUT2D eigenvalue weighted by atomic mass is 9.91. The van der Waals surface area contributed by atoms with Crippen LogP contribution in [-0.4, -0.2) is 47.4 Å². The van der Waals surface area contributed by atoms with Crippen LogP contribution < -0.4 is 0 Å².